The van der Waals surface area contributed by atoms with Crippen molar-refractivity contribution in [2.45, 2.75) is 75.4 Å². The lowest BCUT2D eigenvalue weighted by molar-refractivity contribution is -0.149. The van der Waals surface area contributed by atoms with Gasteiger partial charge >= 0.3 is 0 Å². The van der Waals surface area contributed by atoms with Crippen LogP contribution in [0.2, 0.25) is 18.6 Å². The molecule has 0 unspecified atom stereocenters. The van der Waals surface area contributed by atoms with Crippen LogP contribution in [0, 0.1) is 5.92 Å². The molecule has 0 aliphatic carbocycles. The van der Waals surface area contributed by atoms with E-state index in [2.05, 4.69) is 6.58 Å². The van der Waals surface area contributed by atoms with Crippen LogP contribution in [0.25, 0.3) is 0 Å². The normalized spacial score (nSPS) is 28.5. The van der Waals surface area contributed by atoms with Gasteiger partial charge in [0.1, 0.15) is 0 Å². The van der Waals surface area contributed by atoms with E-state index in [-0.39, 0.29) is 43.3 Å². The van der Waals surface area contributed by atoms with Crippen molar-refractivity contribution in [1.82, 2.24) is 4.90 Å². The minimum atomic E-state index is -2.97. The molecule has 0 aromatic heterocycles. The Bertz CT molecular complexity index is 1470. The van der Waals surface area contributed by atoms with E-state index in [9.17, 15) is 24.3 Å². The van der Waals surface area contributed by atoms with Crippen LogP contribution >= 0.6 is 0 Å². The number of carbonyl (C=O) groups is 3. The van der Waals surface area contributed by atoms with Crippen molar-refractivity contribution in [3.8, 4) is 0 Å². The van der Waals surface area contributed by atoms with Crippen LogP contribution in [0.5, 0.6) is 0 Å². The van der Waals surface area contributed by atoms with Crippen LogP contribution in [-0.4, -0.2) is 72.7 Å². The predicted octanol–water partition coefficient (Wildman–Crippen LogP) is 4.00. The van der Waals surface area contributed by atoms with E-state index in [0.29, 0.717) is 36.3 Å². The molecule has 0 saturated carbocycles. The van der Waals surface area contributed by atoms with Gasteiger partial charge < -0.3 is 24.4 Å². The van der Waals surface area contributed by atoms with Crippen LogP contribution in [0.4, 0.5) is 17.1 Å². The third-order valence-electron chi connectivity index (χ3n) is 9.91. The summed E-state index contributed by atoms with van der Waals surface area (Å²) in [5.74, 6) is -0.837. The minimum Gasteiger partial charge on any atom is -0.432 e. The number of carbonyl (C=O) groups excluding carboxylic acids is 3. The van der Waals surface area contributed by atoms with E-state index in [0.717, 1.165) is 24.1 Å². The van der Waals surface area contributed by atoms with E-state index in [1.165, 1.54) is 0 Å². The van der Waals surface area contributed by atoms with Gasteiger partial charge in [-0.15, -0.1) is 6.58 Å². The van der Waals surface area contributed by atoms with Crippen LogP contribution in [0.3, 0.4) is 0 Å². The van der Waals surface area contributed by atoms with Crippen LogP contribution in [-0.2, 0) is 31.1 Å². The molecule has 1 spiro atoms. The van der Waals surface area contributed by atoms with Gasteiger partial charge in [-0.25, -0.2) is 0 Å². The first-order chi connectivity index (χ1) is 20.5. The number of fused-ring (bicyclic) bond motifs is 3. The fourth-order valence-electron chi connectivity index (χ4n) is 8.07. The summed E-state index contributed by atoms with van der Waals surface area (Å²) in [6, 6.07) is 13.3. The Morgan fingerprint density at radius 3 is 2.65 bits per heavy atom. The molecule has 5 atom stereocenters. The van der Waals surface area contributed by atoms with Crippen molar-refractivity contribution in [3.05, 3.63) is 66.2 Å². The van der Waals surface area contributed by atoms with E-state index < -0.39 is 31.5 Å². The molecule has 6 rings (SSSR count). The fourth-order valence-corrected chi connectivity index (χ4v) is 10.6. The molecule has 4 aliphatic rings. The third-order valence-corrected chi connectivity index (χ3v) is 12.4. The Labute approximate surface area is 253 Å². The van der Waals surface area contributed by atoms with E-state index in [1.54, 1.807) is 20.8 Å². The lowest BCUT2D eigenvalue weighted by Gasteiger charge is -2.33. The number of nitrogens with zero attached hydrogens (tertiary/aromatic N) is 3. The summed E-state index contributed by atoms with van der Waals surface area (Å²) >= 11 is 0. The summed E-state index contributed by atoms with van der Waals surface area (Å²) in [4.78, 5) is 58.0. The summed E-state index contributed by atoms with van der Waals surface area (Å²) in [5.41, 5.74) is 2.05. The monoisotopic (exact) mass is 603 g/mol. The highest BCUT2D eigenvalue weighted by Crippen LogP contribution is 2.60. The smallest absolute Gasteiger partial charge is 0.264 e. The van der Waals surface area contributed by atoms with Gasteiger partial charge in [0.15, 0.2) is 13.9 Å². The maximum absolute atomic E-state index is 14.5. The zero-order chi connectivity index (χ0) is 30.7. The zero-order valence-electron chi connectivity index (χ0n) is 25.2. The van der Waals surface area contributed by atoms with Crippen molar-refractivity contribution in [2.75, 3.05) is 29.5 Å². The number of aryl methyl sites for hydroxylation is 1. The first-order valence-corrected chi connectivity index (χ1v) is 18.3. The molecule has 2 aromatic rings. The summed E-state index contributed by atoms with van der Waals surface area (Å²) < 4.78 is 6.85. The van der Waals surface area contributed by atoms with Gasteiger partial charge in [-0.2, -0.15) is 0 Å². The molecule has 228 valence electrons. The SMILES string of the molecule is C=CCN1C(=O)[C@@]2(O[C@@H](CC(=O)N3CCC[C@H]3CO)[C@H]([Si](C)(C)O)[C@H]2C)c2cc(N3C(=O)CCc4ccccc43)ccc21. The number of aliphatic hydroxyl groups excluding tert-OH is 1. The van der Waals surface area contributed by atoms with E-state index >= 15 is 0 Å². The molecule has 10 heteroatoms. The summed E-state index contributed by atoms with van der Waals surface area (Å²) in [6.07, 6.45) is 3.65. The van der Waals surface area contributed by atoms with E-state index in [1.807, 2.05) is 62.5 Å². The maximum Gasteiger partial charge on any atom is 0.264 e. The summed E-state index contributed by atoms with van der Waals surface area (Å²) in [7, 11) is -2.97. The number of hydrogen-bond acceptors (Lipinski definition) is 6. The Morgan fingerprint density at radius 1 is 1.16 bits per heavy atom. The van der Waals surface area contributed by atoms with Crippen LogP contribution < -0.4 is 9.80 Å². The molecule has 9 nitrogen and oxygen atoms in total. The molecule has 2 saturated heterocycles. The second-order valence-corrected chi connectivity index (χ2v) is 16.9. The molecule has 0 bridgehead atoms. The number of ether oxygens (including phenoxy) is 1. The minimum absolute atomic E-state index is 0.0188. The Morgan fingerprint density at radius 2 is 1.93 bits per heavy atom. The Hall–Kier alpha value is -3.31. The van der Waals surface area contributed by atoms with Gasteiger partial charge in [-0.1, -0.05) is 31.2 Å². The van der Waals surface area contributed by atoms with Gasteiger partial charge in [-0.05, 0) is 62.2 Å². The van der Waals surface area contributed by atoms with Crippen molar-refractivity contribution < 1.29 is 29.0 Å². The van der Waals surface area contributed by atoms with Crippen molar-refractivity contribution in [3.63, 3.8) is 0 Å². The van der Waals surface area contributed by atoms with E-state index in [4.69, 9.17) is 4.74 Å². The van der Waals surface area contributed by atoms with Crippen LogP contribution in [0.1, 0.15) is 43.7 Å². The first-order valence-electron chi connectivity index (χ1n) is 15.3. The number of para-hydroxylation sites is 1. The number of amides is 3. The average molecular weight is 604 g/mol. The fraction of sp³-hybridized carbons (Fsp3) is 0.485. The first kappa shape index (κ1) is 29.7. The number of aliphatic hydroxyl groups is 1. The molecule has 2 aromatic carbocycles. The van der Waals surface area contributed by atoms with Gasteiger partial charge in [0.05, 0.1) is 36.5 Å². The highest BCUT2D eigenvalue weighted by atomic mass is 28.4. The van der Waals surface area contributed by atoms with Crippen molar-refractivity contribution in [2.24, 2.45) is 5.92 Å². The topological polar surface area (TPSA) is 111 Å². The summed E-state index contributed by atoms with van der Waals surface area (Å²) in [5, 5.41) is 9.83. The average Bonchev–Trinajstić information content (AvgIpc) is 3.63. The second kappa shape index (κ2) is 11.0. The molecule has 2 fully saturated rings. The second-order valence-electron chi connectivity index (χ2n) is 12.9. The van der Waals surface area contributed by atoms with Gasteiger partial charge in [-0.3, -0.25) is 19.3 Å². The lowest BCUT2D eigenvalue weighted by atomic mass is 9.82. The molecule has 4 aliphatic heterocycles. The van der Waals surface area contributed by atoms with Gasteiger partial charge in [0, 0.05) is 42.2 Å². The molecule has 2 N–H and O–H groups in total. The predicted molar refractivity (Wildman–Crippen MR) is 167 cm³/mol. The zero-order valence-corrected chi connectivity index (χ0v) is 26.2. The Kier molecular flexibility index (Phi) is 7.61. The van der Waals surface area contributed by atoms with Crippen molar-refractivity contribution in [1.29, 1.82) is 0 Å². The number of benzene rings is 2. The van der Waals surface area contributed by atoms with Gasteiger partial charge in [0.25, 0.3) is 5.91 Å². The lowest BCUT2D eigenvalue weighted by Crippen LogP contribution is -2.46. The molecule has 4 heterocycles. The largest absolute Gasteiger partial charge is 0.432 e. The third kappa shape index (κ3) is 4.66. The quantitative estimate of drug-likeness (QED) is 0.366. The standard InChI is InChI=1S/C33H41N3O6Si/c1-5-16-35-27-14-13-23(36-26-11-7-6-9-22(26)12-15-29(36)38)18-25(27)33(32(35)40)21(2)31(43(3,4)41)28(42-33)19-30(39)34-17-8-10-24(34)20-37/h5-7,9,11,13-14,18,21,24,28,31,37,41H,1,8,10,12,15-17,19-20H2,2-4H3/t21-,24+,28+,31-,33+/m1/s1. The maximum atomic E-state index is 14.5. The summed E-state index contributed by atoms with van der Waals surface area (Å²) in [6.45, 7) is 10.2. The Balaban J connectivity index is 1.45. The molecular weight excluding hydrogens is 562 g/mol. The number of likely N-dealkylation sites (tertiary alicyclic amines) is 1. The number of hydrogen-bond donors (Lipinski definition) is 2. The molecule has 0 radical (unpaired) electrons. The molecule has 43 heavy (non-hydrogen) atoms. The highest BCUT2D eigenvalue weighted by molar-refractivity contribution is 6.71. The van der Waals surface area contributed by atoms with Gasteiger partial charge in [0.2, 0.25) is 11.8 Å². The van der Waals surface area contributed by atoms with Crippen molar-refractivity contribution >= 4 is 43.1 Å². The number of anilines is 3. The number of rotatable bonds is 7. The highest BCUT2D eigenvalue weighted by Gasteiger charge is 2.66. The molecular formula is C33H41N3O6Si. The van der Waals surface area contributed by atoms with Crippen LogP contribution in [0.15, 0.2) is 55.1 Å². The molecule has 3 amide bonds.